The zero-order valence-electron chi connectivity index (χ0n) is 11.0. The molecule has 0 saturated heterocycles. The van der Waals surface area contributed by atoms with E-state index in [0.717, 1.165) is 12.1 Å². The summed E-state index contributed by atoms with van der Waals surface area (Å²) in [6, 6.07) is 5.25. The normalized spacial score (nSPS) is 10.8. The highest BCUT2D eigenvalue weighted by Gasteiger charge is 2.34. The lowest BCUT2D eigenvalue weighted by Crippen LogP contribution is -2.29. The van der Waals surface area contributed by atoms with Crippen LogP contribution < -0.4 is 15.8 Å². The second kappa shape index (κ2) is 7.50. The first-order valence-electron chi connectivity index (χ1n) is 6.05. The summed E-state index contributed by atoms with van der Waals surface area (Å²) >= 11 is 0. The highest BCUT2D eigenvalue weighted by molar-refractivity contribution is 5.77. The summed E-state index contributed by atoms with van der Waals surface area (Å²) in [5, 5.41) is 10.6. The molecule has 1 amide bonds. The maximum absolute atomic E-state index is 12.9. The summed E-state index contributed by atoms with van der Waals surface area (Å²) in [6.45, 7) is -0.467. The Morgan fingerprint density at radius 1 is 1.43 bits per heavy atom. The van der Waals surface area contributed by atoms with E-state index in [9.17, 15) is 18.0 Å². The molecule has 0 bridgehead atoms. The van der Waals surface area contributed by atoms with Gasteiger partial charge in [0.05, 0.1) is 18.1 Å². The van der Waals surface area contributed by atoms with Gasteiger partial charge in [0.25, 0.3) is 5.91 Å². The Morgan fingerprint density at radius 2 is 2.14 bits per heavy atom. The first kappa shape index (κ1) is 16.8. The van der Waals surface area contributed by atoms with E-state index in [1.165, 1.54) is 6.07 Å². The van der Waals surface area contributed by atoms with E-state index in [-0.39, 0.29) is 19.5 Å². The summed E-state index contributed by atoms with van der Waals surface area (Å²) in [5.74, 6) is -1.03. The zero-order valence-corrected chi connectivity index (χ0v) is 11.0. The standard InChI is InChI=1S/C13H14F3N3O2/c14-13(15,16)10-6-9(7-18)2-3-11(10)21-8-12(20)19-5-1-4-17/h2-3,6H,1,5,7-8,18H2,(H,19,20). The first-order valence-corrected chi connectivity index (χ1v) is 6.05. The molecule has 0 fully saturated rings. The molecule has 0 aliphatic rings. The van der Waals surface area contributed by atoms with Crippen molar-refractivity contribution in [2.45, 2.75) is 19.1 Å². The molecule has 0 atom stereocenters. The number of ether oxygens (including phenoxy) is 1. The Labute approximate surface area is 119 Å². The van der Waals surface area contributed by atoms with Crippen LogP contribution in [0.5, 0.6) is 5.75 Å². The molecule has 0 aliphatic heterocycles. The molecule has 114 valence electrons. The molecule has 1 aromatic rings. The summed E-state index contributed by atoms with van der Waals surface area (Å²) in [5.41, 5.74) is 4.64. The van der Waals surface area contributed by atoms with Crippen LogP contribution >= 0.6 is 0 Å². The van der Waals surface area contributed by atoms with Gasteiger partial charge in [-0.25, -0.2) is 0 Å². The van der Waals surface area contributed by atoms with Crippen LogP contribution in [0.2, 0.25) is 0 Å². The fraction of sp³-hybridized carbons (Fsp3) is 0.385. The maximum atomic E-state index is 12.9. The molecule has 0 heterocycles. The summed E-state index contributed by atoms with van der Waals surface area (Å²) in [6.07, 6.45) is -4.48. The van der Waals surface area contributed by atoms with Gasteiger partial charge in [-0.3, -0.25) is 4.79 Å². The van der Waals surface area contributed by atoms with E-state index < -0.39 is 30.0 Å². The van der Waals surface area contributed by atoms with Crippen LogP contribution in [0.25, 0.3) is 0 Å². The highest BCUT2D eigenvalue weighted by atomic mass is 19.4. The third-order valence-electron chi connectivity index (χ3n) is 2.50. The number of alkyl halides is 3. The highest BCUT2D eigenvalue weighted by Crippen LogP contribution is 2.36. The molecular formula is C13H14F3N3O2. The van der Waals surface area contributed by atoms with Gasteiger partial charge in [-0.05, 0) is 17.7 Å². The van der Waals surface area contributed by atoms with E-state index >= 15 is 0 Å². The molecule has 0 radical (unpaired) electrons. The number of carbonyl (C=O) groups is 1. The number of hydrogen-bond donors (Lipinski definition) is 2. The summed E-state index contributed by atoms with van der Waals surface area (Å²) in [7, 11) is 0. The van der Waals surface area contributed by atoms with E-state index in [0.29, 0.717) is 5.56 Å². The predicted molar refractivity (Wildman–Crippen MR) is 68.1 cm³/mol. The van der Waals surface area contributed by atoms with Crippen molar-refractivity contribution in [2.24, 2.45) is 5.73 Å². The largest absolute Gasteiger partial charge is 0.483 e. The van der Waals surface area contributed by atoms with Crippen molar-refractivity contribution in [3.8, 4) is 11.8 Å². The topological polar surface area (TPSA) is 88.1 Å². The van der Waals surface area contributed by atoms with Crippen molar-refractivity contribution in [2.75, 3.05) is 13.2 Å². The van der Waals surface area contributed by atoms with Gasteiger partial charge < -0.3 is 15.8 Å². The Kier molecular flexibility index (Phi) is 5.99. The number of benzene rings is 1. The van der Waals surface area contributed by atoms with Crippen LogP contribution in [0.15, 0.2) is 18.2 Å². The third kappa shape index (κ3) is 5.31. The summed E-state index contributed by atoms with van der Waals surface area (Å²) < 4.78 is 43.5. The molecule has 0 aliphatic carbocycles. The minimum Gasteiger partial charge on any atom is -0.483 e. The van der Waals surface area contributed by atoms with Crippen molar-refractivity contribution in [3.05, 3.63) is 29.3 Å². The Bertz CT molecular complexity index is 538. The van der Waals surface area contributed by atoms with Gasteiger partial charge in [-0.2, -0.15) is 18.4 Å². The number of halogens is 3. The molecular weight excluding hydrogens is 287 g/mol. The van der Waals surface area contributed by atoms with Gasteiger partial charge in [0.1, 0.15) is 5.75 Å². The van der Waals surface area contributed by atoms with E-state index in [2.05, 4.69) is 5.32 Å². The number of rotatable bonds is 6. The number of nitrogens with one attached hydrogen (secondary N) is 1. The number of nitriles is 1. The molecule has 0 saturated carbocycles. The van der Waals surface area contributed by atoms with Crippen LogP contribution in [0.1, 0.15) is 17.5 Å². The monoisotopic (exact) mass is 301 g/mol. The SMILES string of the molecule is N#CCCNC(=O)COc1ccc(CN)cc1C(F)(F)F. The third-order valence-corrected chi connectivity index (χ3v) is 2.50. The van der Waals surface area contributed by atoms with E-state index in [1.54, 1.807) is 0 Å². The lowest BCUT2D eigenvalue weighted by atomic mass is 10.1. The number of carbonyl (C=O) groups excluding carboxylic acids is 1. The van der Waals surface area contributed by atoms with Crippen molar-refractivity contribution in [1.82, 2.24) is 5.32 Å². The smallest absolute Gasteiger partial charge is 0.419 e. The van der Waals surface area contributed by atoms with Gasteiger partial charge in [-0.15, -0.1) is 0 Å². The summed E-state index contributed by atoms with van der Waals surface area (Å²) in [4.78, 5) is 11.3. The Balaban J connectivity index is 2.75. The number of nitrogens with two attached hydrogens (primary N) is 1. The molecule has 1 aromatic carbocycles. The quantitative estimate of drug-likeness (QED) is 0.781. The van der Waals surface area contributed by atoms with Crippen molar-refractivity contribution in [3.63, 3.8) is 0 Å². The average molecular weight is 301 g/mol. The molecule has 5 nitrogen and oxygen atoms in total. The molecule has 0 aromatic heterocycles. The number of nitrogens with zero attached hydrogens (tertiary/aromatic N) is 1. The second-order valence-corrected chi connectivity index (χ2v) is 4.08. The fourth-order valence-corrected chi connectivity index (χ4v) is 1.50. The molecule has 21 heavy (non-hydrogen) atoms. The van der Waals surface area contributed by atoms with Gasteiger partial charge in [0.2, 0.25) is 0 Å². The lowest BCUT2D eigenvalue weighted by Gasteiger charge is -2.15. The van der Waals surface area contributed by atoms with Crippen LogP contribution in [-0.4, -0.2) is 19.1 Å². The fourth-order valence-electron chi connectivity index (χ4n) is 1.50. The van der Waals surface area contributed by atoms with Crippen molar-refractivity contribution >= 4 is 5.91 Å². The first-order chi connectivity index (χ1) is 9.88. The molecule has 0 spiro atoms. The van der Waals surface area contributed by atoms with Crippen molar-refractivity contribution < 1.29 is 22.7 Å². The van der Waals surface area contributed by atoms with Crippen LogP contribution in [-0.2, 0) is 17.5 Å². The van der Waals surface area contributed by atoms with Crippen LogP contribution in [0.3, 0.4) is 0 Å². The van der Waals surface area contributed by atoms with Gasteiger partial charge in [0.15, 0.2) is 6.61 Å². The van der Waals surface area contributed by atoms with Crippen LogP contribution in [0, 0.1) is 11.3 Å². The number of amides is 1. The molecule has 8 heteroatoms. The molecule has 0 unspecified atom stereocenters. The van der Waals surface area contributed by atoms with E-state index in [4.69, 9.17) is 15.7 Å². The molecule has 3 N–H and O–H groups in total. The van der Waals surface area contributed by atoms with Gasteiger partial charge in [-0.1, -0.05) is 6.07 Å². The average Bonchev–Trinajstić information content (AvgIpc) is 2.44. The lowest BCUT2D eigenvalue weighted by molar-refractivity contribution is -0.139. The predicted octanol–water partition coefficient (Wildman–Crippen LogP) is 1.57. The van der Waals surface area contributed by atoms with Crippen molar-refractivity contribution in [1.29, 1.82) is 5.26 Å². The van der Waals surface area contributed by atoms with E-state index in [1.807, 2.05) is 6.07 Å². The Morgan fingerprint density at radius 3 is 2.71 bits per heavy atom. The number of hydrogen-bond acceptors (Lipinski definition) is 4. The van der Waals surface area contributed by atoms with Crippen LogP contribution in [0.4, 0.5) is 13.2 Å². The van der Waals surface area contributed by atoms with Gasteiger partial charge >= 0.3 is 6.18 Å². The zero-order chi connectivity index (χ0) is 15.9. The maximum Gasteiger partial charge on any atom is 0.419 e. The minimum absolute atomic E-state index is 0.0298. The molecule has 1 rings (SSSR count). The minimum atomic E-state index is -4.60. The Hall–Kier alpha value is -2.27. The second-order valence-electron chi connectivity index (χ2n) is 4.08. The van der Waals surface area contributed by atoms with Gasteiger partial charge in [0, 0.05) is 13.1 Å².